The second kappa shape index (κ2) is 8.00. The lowest BCUT2D eigenvalue weighted by molar-refractivity contribution is -0.384. The minimum atomic E-state index is -1.42. The Hall–Kier alpha value is -3.56. The minimum Gasteiger partial charge on any atom is -0.324 e. The number of nitrogens with zero attached hydrogens (tertiary/aromatic N) is 2. The van der Waals surface area contributed by atoms with Gasteiger partial charge in [0, 0.05) is 52.5 Å². The van der Waals surface area contributed by atoms with Gasteiger partial charge in [-0.15, -0.1) is 11.8 Å². The van der Waals surface area contributed by atoms with Crippen molar-refractivity contribution in [3.8, 4) is 0 Å². The van der Waals surface area contributed by atoms with Gasteiger partial charge in [0.1, 0.15) is 11.4 Å². The SMILES string of the molecule is O=C(c1ccccc1)[C@@H]1[C@@H](c2cccc([N+](=O)[O-])c2)[C@H]2CSCN2[C@@]12C(=O)Nc1ccc(F)cc12. The molecule has 0 radical (unpaired) electrons. The summed E-state index contributed by atoms with van der Waals surface area (Å²) in [6.07, 6.45) is 0. The molecule has 2 fully saturated rings. The summed E-state index contributed by atoms with van der Waals surface area (Å²) < 4.78 is 14.6. The molecule has 1 N–H and O–H groups in total. The molecule has 4 atom stereocenters. The zero-order valence-electron chi connectivity index (χ0n) is 18.4. The quantitative estimate of drug-likeness (QED) is 0.328. The fourth-order valence-corrected chi connectivity index (χ4v) is 7.37. The molecular formula is C26H20FN3O4S. The highest BCUT2D eigenvalue weighted by molar-refractivity contribution is 7.99. The Morgan fingerprint density at radius 1 is 1.11 bits per heavy atom. The number of rotatable bonds is 4. The average molecular weight is 490 g/mol. The highest BCUT2D eigenvalue weighted by Crippen LogP contribution is 2.61. The molecule has 176 valence electrons. The molecule has 1 spiro atoms. The molecule has 0 unspecified atom stereocenters. The van der Waals surface area contributed by atoms with Gasteiger partial charge in [-0.05, 0) is 23.8 Å². The number of thioether (sulfide) groups is 1. The number of anilines is 1. The molecule has 0 saturated carbocycles. The van der Waals surface area contributed by atoms with Gasteiger partial charge in [0.2, 0.25) is 5.91 Å². The van der Waals surface area contributed by atoms with Crippen molar-refractivity contribution in [1.29, 1.82) is 0 Å². The Labute approximate surface area is 204 Å². The zero-order chi connectivity index (χ0) is 24.3. The van der Waals surface area contributed by atoms with E-state index in [1.165, 1.54) is 30.3 Å². The number of carbonyl (C=O) groups is 2. The number of hydrogen-bond donors (Lipinski definition) is 1. The Morgan fingerprint density at radius 3 is 2.69 bits per heavy atom. The summed E-state index contributed by atoms with van der Waals surface area (Å²) in [7, 11) is 0. The maximum atomic E-state index is 14.6. The Bertz CT molecular complexity index is 1380. The minimum absolute atomic E-state index is 0.0751. The van der Waals surface area contributed by atoms with E-state index in [9.17, 15) is 24.1 Å². The number of hydrogen-bond acceptors (Lipinski definition) is 6. The van der Waals surface area contributed by atoms with Crippen molar-refractivity contribution >= 4 is 34.8 Å². The van der Waals surface area contributed by atoms with Crippen LogP contribution in [0.15, 0.2) is 72.8 Å². The number of non-ortho nitro benzene ring substituents is 1. The Morgan fingerprint density at radius 2 is 1.91 bits per heavy atom. The number of benzene rings is 3. The second-order valence-corrected chi connectivity index (χ2v) is 10.0. The fraction of sp³-hybridized carbons (Fsp3) is 0.231. The number of nitro groups is 1. The van der Waals surface area contributed by atoms with Crippen LogP contribution in [0.25, 0.3) is 0 Å². The van der Waals surface area contributed by atoms with Gasteiger partial charge < -0.3 is 5.32 Å². The molecule has 7 nitrogen and oxygen atoms in total. The van der Waals surface area contributed by atoms with Crippen LogP contribution in [0, 0.1) is 21.8 Å². The van der Waals surface area contributed by atoms with Crippen LogP contribution >= 0.6 is 11.8 Å². The van der Waals surface area contributed by atoms with Gasteiger partial charge in [-0.25, -0.2) is 4.39 Å². The van der Waals surface area contributed by atoms with Crippen LogP contribution in [0.3, 0.4) is 0 Å². The molecule has 0 aromatic heterocycles. The van der Waals surface area contributed by atoms with E-state index in [0.717, 1.165) is 0 Å². The van der Waals surface area contributed by atoms with E-state index in [2.05, 4.69) is 5.32 Å². The molecule has 35 heavy (non-hydrogen) atoms. The number of fused-ring (bicyclic) bond motifs is 4. The van der Waals surface area contributed by atoms with Crippen LogP contribution in [-0.4, -0.2) is 39.2 Å². The fourth-order valence-electron chi connectivity index (χ4n) is 6.05. The predicted octanol–water partition coefficient (Wildman–Crippen LogP) is 4.55. The van der Waals surface area contributed by atoms with Crippen LogP contribution < -0.4 is 5.32 Å². The summed E-state index contributed by atoms with van der Waals surface area (Å²) in [5.74, 6) is -1.38. The molecule has 3 aromatic rings. The molecule has 3 aromatic carbocycles. The highest BCUT2D eigenvalue weighted by atomic mass is 32.2. The van der Waals surface area contributed by atoms with Crippen molar-refractivity contribution in [3.63, 3.8) is 0 Å². The first kappa shape index (κ1) is 21.9. The van der Waals surface area contributed by atoms with Crippen molar-refractivity contribution in [2.45, 2.75) is 17.5 Å². The van der Waals surface area contributed by atoms with Gasteiger partial charge in [-0.3, -0.25) is 24.6 Å². The first-order valence-corrected chi connectivity index (χ1v) is 12.4. The zero-order valence-corrected chi connectivity index (χ0v) is 19.2. The van der Waals surface area contributed by atoms with Gasteiger partial charge in [-0.2, -0.15) is 0 Å². The first-order chi connectivity index (χ1) is 16.9. The smallest absolute Gasteiger partial charge is 0.269 e. The third kappa shape index (κ3) is 3.08. The van der Waals surface area contributed by atoms with Crippen LogP contribution in [0.1, 0.15) is 27.4 Å². The molecule has 3 heterocycles. The number of ketones is 1. The Kier molecular flexibility index (Phi) is 5.01. The van der Waals surface area contributed by atoms with Gasteiger partial charge in [0.15, 0.2) is 5.78 Å². The molecule has 6 rings (SSSR count). The van der Waals surface area contributed by atoms with Crippen molar-refractivity contribution in [3.05, 3.63) is 105 Å². The van der Waals surface area contributed by atoms with Crippen LogP contribution in [0.4, 0.5) is 15.8 Å². The molecule has 0 bridgehead atoms. The van der Waals surface area contributed by atoms with E-state index in [0.29, 0.717) is 34.0 Å². The maximum absolute atomic E-state index is 14.6. The van der Waals surface area contributed by atoms with Gasteiger partial charge in [0.05, 0.1) is 10.8 Å². The van der Waals surface area contributed by atoms with Gasteiger partial charge >= 0.3 is 0 Å². The first-order valence-electron chi connectivity index (χ1n) is 11.2. The maximum Gasteiger partial charge on any atom is 0.269 e. The molecule has 3 aliphatic rings. The van der Waals surface area contributed by atoms with Crippen LogP contribution in [0.2, 0.25) is 0 Å². The monoisotopic (exact) mass is 489 g/mol. The van der Waals surface area contributed by atoms with Crippen molar-refractivity contribution in [2.75, 3.05) is 16.9 Å². The molecule has 2 saturated heterocycles. The number of Topliss-reactive ketones (excluding diaryl/α,β-unsaturated/α-hetero) is 1. The van der Waals surface area contributed by atoms with E-state index in [1.807, 2.05) is 4.90 Å². The molecular weight excluding hydrogens is 469 g/mol. The summed E-state index contributed by atoms with van der Waals surface area (Å²) in [6, 6.07) is 19.0. The topological polar surface area (TPSA) is 92.5 Å². The lowest BCUT2D eigenvalue weighted by atomic mass is 9.69. The summed E-state index contributed by atoms with van der Waals surface area (Å²) >= 11 is 1.63. The summed E-state index contributed by atoms with van der Waals surface area (Å²) in [5.41, 5.74) is 0.497. The lowest BCUT2D eigenvalue weighted by Crippen LogP contribution is -2.52. The predicted molar refractivity (Wildman–Crippen MR) is 130 cm³/mol. The number of nitrogens with one attached hydrogen (secondary N) is 1. The number of carbonyl (C=O) groups excluding carboxylic acids is 2. The number of amides is 1. The lowest BCUT2D eigenvalue weighted by Gasteiger charge is -2.36. The van der Waals surface area contributed by atoms with E-state index in [-0.39, 0.29) is 23.4 Å². The van der Waals surface area contributed by atoms with Gasteiger partial charge in [0.25, 0.3) is 5.69 Å². The van der Waals surface area contributed by atoms with Gasteiger partial charge in [-0.1, -0.05) is 42.5 Å². The molecule has 1 amide bonds. The summed E-state index contributed by atoms with van der Waals surface area (Å²) in [5, 5.41) is 14.4. The third-order valence-corrected chi connectivity index (χ3v) is 8.43. The summed E-state index contributed by atoms with van der Waals surface area (Å²) in [4.78, 5) is 41.2. The van der Waals surface area contributed by atoms with Crippen molar-refractivity contribution in [2.24, 2.45) is 5.92 Å². The van der Waals surface area contributed by atoms with Crippen LogP contribution in [0.5, 0.6) is 0 Å². The third-order valence-electron chi connectivity index (χ3n) is 7.39. The second-order valence-electron chi connectivity index (χ2n) is 9.03. The van der Waals surface area contributed by atoms with E-state index >= 15 is 0 Å². The molecule has 3 aliphatic heterocycles. The van der Waals surface area contributed by atoms with Crippen molar-refractivity contribution in [1.82, 2.24) is 4.90 Å². The van der Waals surface area contributed by atoms with E-state index in [1.54, 1.807) is 54.2 Å². The largest absolute Gasteiger partial charge is 0.324 e. The number of nitro benzene ring substituents is 1. The average Bonchev–Trinajstić information content (AvgIpc) is 3.52. The Balaban J connectivity index is 1.63. The van der Waals surface area contributed by atoms with Crippen molar-refractivity contribution < 1.29 is 18.9 Å². The van der Waals surface area contributed by atoms with Crippen LogP contribution in [-0.2, 0) is 10.3 Å². The normalized spacial score (nSPS) is 27.0. The van der Waals surface area contributed by atoms with E-state index < -0.39 is 28.1 Å². The highest BCUT2D eigenvalue weighted by Gasteiger charge is 2.69. The number of halogens is 1. The standard InChI is InChI=1S/C26H20FN3O4S/c27-17-9-10-20-19(12-17)26(25(32)28-20)23(24(31)15-5-2-1-3-6-15)22(21-13-35-14-29(21)26)16-7-4-8-18(11-16)30(33)34/h1-12,21-23H,13-14H2,(H,28,32)/t21-,22+,23+,26-/m1/s1. The van der Waals surface area contributed by atoms with E-state index in [4.69, 9.17) is 0 Å². The molecule has 0 aliphatic carbocycles. The summed E-state index contributed by atoms with van der Waals surface area (Å²) in [6.45, 7) is 0. The molecule has 9 heteroatoms.